The van der Waals surface area contributed by atoms with E-state index in [-0.39, 0.29) is 5.91 Å². The molecule has 0 spiro atoms. The molecule has 1 heterocycles. The molecule has 1 N–H and O–H groups in total. The standard InChI is InChI=1S/C16H17BrN4OS/c1-2-9-21-15(11-7-8-11)19-20-16(21)23-10-14(22)18-13-6-4-3-5-12(13)17/h2-6,11H,1,7-10H2,(H,18,22). The highest BCUT2D eigenvalue weighted by molar-refractivity contribution is 9.10. The van der Waals surface area contributed by atoms with Gasteiger partial charge in [-0.1, -0.05) is 30.0 Å². The van der Waals surface area contributed by atoms with Crippen LogP contribution in [0.4, 0.5) is 5.69 Å². The lowest BCUT2D eigenvalue weighted by Gasteiger charge is -2.08. The van der Waals surface area contributed by atoms with Crippen LogP contribution in [0.15, 0.2) is 46.5 Å². The molecular weight excluding hydrogens is 376 g/mol. The SMILES string of the molecule is C=CCn1c(SCC(=O)Nc2ccccc2Br)nnc1C1CC1. The smallest absolute Gasteiger partial charge is 0.234 e. The monoisotopic (exact) mass is 392 g/mol. The van der Waals surface area contributed by atoms with E-state index < -0.39 is 0 Å². The van der Waals surface area contributed by atoms with Crippen LogP contribution in [-0.2, 0) is 11.3 Å². The van der Waals surface area contributed by atoms with Crippen molar-refractivity contribution in [1.82, 2.24) is 14.8 Å². The number of nitrogens with zero attached hydrogens (tertiary/aromatic N) is 3. The molecule has 3 rings (SSSR count). The molecule has 0 atom stereocenters. The number of aromatic nitrogens is 3. The quantitative estimate of drug-likeness (QED) is 0.574. The van der Waals surface area contributed by atoms with Gasteiger partial charge in [-0.15, -0.1) is 16.8 Å². The normalized spacial score (nSPS) is 13.8. The second-order valence-corrected chi connectivity index (χ2v) is 7.13. The average Bonchev–Trinajstić information content (AvgIpc) is 3.30. The van der Waals surface area contributed by atoms with Crippen LogP contribution in [-0.4, -0.2) is 26.4 Å². The third kappa shape index (κ3) is 4.03. The van der Waals surface area contributed by atoms with Crippen molar-refractivity contribution in [2.45, 2.75) is 30.5 Å². The lowest BCUT2D eigenvalue weighted by molar-refractivity contribution is -0.113. The lowest BCUT2D eigenvalue weighted by atomic mass is 10.3. The van der Waals surface area contributed by atoms with E-state index in [1.165, 1.54) is 24.6 Å². The summed E-state index contributed by atoms with van der Waals surface area (Å²) in [6.07, 6.45) is 4.17. The predicted octanol–water partition coefficient (Wildman–Crippen LogP) is 3.83. The molecule has 0 radical (unpaired) electrons. The number of benzene rings is 1. The van der Waals surface area contributed by atoms with E-state index >= 15 is 0 Å². The van der Waals surface area contributed by atoms with E-state index in [0.717, 1.165) is 21.1 Å². The van der Waals surface area contributed by atoms with Gasteiger partial charge in [0.15, 0.2) is 5.16 Å². The Balaban J connectivity index is 1.62. The van der Waals surface area contributed by atoms with Gasteiger partial charge in [-0.3, -0.25) is 4.79 Å². The summed E-state index contributed by atoms with van der Waals surface area (Å²) in [4.78, 5) is 12.1. The van der Waals surface area contributed by atoms with E-state index in [0.29, 0.717) is 18.2 Å². The second-order valence-electron chi connectivity index (χ2n) is 5.33. The van der Waals surface area contributed by atoms with Crippen molar-refractivity contribution in [2.75, 3.05) is 11.1 Å². The van der Waals surface area contributed by atoms with Crippen LogP contribution < -0.4 is 5.32 Å². The topological polar surface area (TPSA) is 59.8 Å². The summed E-state index contributed by atoms with van der Waals surface area (Å²) in [6, 6.07) is 7.55. The zero-order valence-corrected chi connectivity index (χ0v) is 14.9. The largest absolute Gasteiger partial charge is 0.324 e. The van der Waals surface area contributed by atoms with E-state index in [4.69, 9.17) is 0 Å². The van der Waals surface area contributed by atoms with Gasteiger partial charge in [0, 0.05) is 16.9 Å². The molecule has 0 unspecified atom stereocenters. The number of hydrogen-bond donors (Lipinski definition) is 1. The fraction of sp³-hybridized carbons (Fsp3) is 0.312. The van der Waals surface area contributed by atoms with Crippen molar-refractivity contribution >= 4 is 39.3 Å². The molecule has 2 aromatic rings. The molecule has 1 amide bonds. The lowest BCUT2D eigenvalue weighted by Crippen LogP contribution is -2.15. The van der Waals surface area contributed by atoms with Gasteiger partial charge in [0.2, 0.25) is 5.91 Å². The Bertz CT molecular complexity index is 727. The summed E-state index contributed by atoms with van der Waals surface area (Å²) in [5.74, 6) is 1.76. The van der Waals surface area contributed by atoms with Gasteiger partial charge >= 0.3 is 0 Å². The zero-order chi connectivity index (χ0) is 16.2. The first-order chi connectivity index (χ1) is 11.2. The Morgan fingerprint density at radius 1 is 1.43 bits per heavy atom. The van der Waals surface area contributed by atoms with Crippen molar-refractivity contribution in [2.24, 2.45) is 0 Å². The predicted molar refractivity (Wildman–Crippen MR) is 95.7 cm³/mol. The minimum Gasteiger partial charge on any atom is -0.324 e. The number of para-hydroxylation sites is 1. The highest BCUT2D eigenvalue weighted by Crippen LogP contribution is 2.40. The van der Waals surface area contributed by atoms with Crippen LogP contribution in [0.25, 0.3) is 0 Å². The Labute approximate surface area is 147 Å². The van der Waals surface area contributed by atoms with E-state index in [1.54, 1.807) is 0 Å². The number of halogens is 1. The third-order valence-electron chi connectivity index (χ3n) is 3.48. The van der Waals surface area contributed by atoms with Crippen LogP contribution in [0.2, 0.25) is 0 Å². The molecule has 1 saturated carbocycles. The minimum atomic E-state index is -0.0666. The number of rotatable bonds is 7. The summed E-state index contributed by atoms with van der Waals surface area (Å²) in [5, 5.41) is 12.2. The van der Waals surface area contributed by atoms with Crippen molar-refractivity contribution in [1.29, 1.82) is 0 Å². The molecule has 1 aromatic heterocycles. The molecule has 0 saturated heterocycles. The maximum Gasteiger partial charge on any atom is 0.234 e. The molecular formula is C16H17BrN4OS. The number of nitrogens with one attached hydrogen (secondary N) is 1. The minimum absolute atomic E-state index is 0.0666. The Morgan fingerprint density at radius 3 is 2.91 bits per heavy atom. The molecule has 1 aromatic carbocycles. The summed E-state index contributed by atoms with van der Waals surface area (Å²) in [7, 11) is 0. The molecule has 120 valence electrons. The fourth-order valence-corrected chi connectivity index (χ4v) is 3.37. The molecule has 0 aliphatic heterocycles. The zero-order valence-electron chi connectivity index (χ0n) is 12.5. The first kappa shape index (κ1) is 16.3. The summed E-state index contributed by atoms with van der Waals surface area (Å²) < 4.78 is 2.92. The first-order valence-corrected chi connectivity index (χ1v) is 9.18. The van der Waals surface area contributed by atoms with Gasteiger partial charge in [-0.25, -0.2) is 0 Å². The van der Waals surface area contributed by atoms with Crippen molar-refractivity contribution in [3.05, 3.63) is 47.2 Å². The molecule has 23 heavy (non-hydrogen) atoms. The van der Waals surface area contributed by atoms with Gasteiger partial charge in [0.25, 0.3) is 0 Å². The molecule has 5 nitrogen and oxygen atoms in total. The number of carbonyl (C=O) groups is 1. The first-order valence-electron chi connectivity index (χ1n) is 7.40. The number of amides is 1. The van der Waals surface area contributed by atoms with Crippen molar-refractivity contribution < 1.29 is 4.79 Å². The molecule has 1 aliphatic carbocycles. The van der Waals surface area contributed by atoms with Gasteiger partial charge in [-0.2, -0.15) is 0 Å². The molecule has 1 fully saturated rings. The summed E-state index contributed by atoms with van der Waals surface area (Å²) in [6.45, 7) is 4.46. The van der Waals surface area contributed by atoms with E-state index in [2.05, 4.69) is 42.6 Å². The van der Waals surface area contributed by atoms with Gasteiger partial charge in [0.05, 0.1) is 11.4 Å². The van der Waals surface area contributed by atoms with Gasteiger partial charge in [0.1, 0.15) is 5.82 Å². The van der Waals surface area contributed by atoms with Crippen molar-refractivity contribution in [3.8, 4) is 0 Å². The summed E-state index contributed by atoms with van der Waals surface area (Å²) >= 11 is 4.82. The van der Waals surface area contributed by atoms with Crippen molar-refractivity contribution in [3.63, 3.8) is 0 Å². The third-order valence-corrected chi connectivity index (χ3v) is 5.14. The maximum atomic E-state index is 12.1. The highest BCUT2D eigenvalue weighted by atomic mass is 79.9. The Morgan fingerprint density at radius 2 is 2.22 bits per heavy atom. The summed E-state index contributed by atoms with van der Waals surface area (Å²) in [5.41, 5.74) is 0.768. The number of carbonyl (C=O) groups excluding carboxylic acids is 1. The van der Waals surface area contributed by atoms with Gasteiger partial charge in [-0.05, 0) is 40.9 Å². The number of allylic oxidation sites excluding steroid dienone is 1. The number of thioether (sulfide) groups is 1. The molecule has 0 bridgehead atoms. The van der Waals surface area contributed by atoms with Crippen LogP contribution in [0.1, 0.15) is 24.6 Å². The van der Waals surface area contributed by atoms with E-state index in [1.807, 2.05) is 30.3 Å². The van der Waals surface area contributed by atoms with Crippen LogP contribution in [0, 0.1) is 0 Å². The maximum absolute atomic E-state index is 12.1. The Hall–Kier alpha value is -1.60. The fourth-order valence-electron chi connectivity index (χ4n) is 2.23. The number of anilines is 1. The van der Waals surface area contributed by atoms with E-state index in [9.17, 15) is 4.79 Å². The Kier molecular flexibility index (Phi) is 5.17. The molecule has 1 aliphatic rings. The van der Waals surface area contributed by atoms with Crippen LogP contribution in [0.5, 0.6) is 0 Å². The van der Waals surface area contributed by atoms with Gasteiger partial charge < -0.3 is 9.88 Å². The highest BCUT2D eigenvalue weighted by Gasteiger charge is 2.30. The van der Waals surface area contributed by atoms with Crippen LogP contribution >= 0.6 is 27.7 Å². The average molecular weight is 393 g/mol. The second kappa shape index (κ2) is 7.31. The molecule has 7 heteroatoms. The van der Waals surface area contributed by atoms with Crippen LogP contribution in [0.3, 0.4) is 0 Å². The number of hydrogen-bond acceptors (Lipinski definition) is 4.